The summed E-state index contributed by atoms with van der Waals surface area (Å²) in [5.74, 6) is 0.434. The van der Waals surface area contributed by atoms with Crippen LogP contribution in [0.1, 0.15) is 116 Å². The highest BCUT2D eigenvalue weighted by atomic mass is 19.1. The molecule has 0 bridgehead atoms. The molecule has 37 heavy (non-hydrogen) atoms. The van der Waals surface area contributed by atoms with Crippen molar-refractivity contribution in [1.29, 1.82) is 0 Å². The van der Waals surface area contributed by atoms with Gasteiger partial charge in [-0.2, -0.15) is 0 Å². The van der Waals surface area contributed by atoms with E-state index in [-0.39, 0.29) is 12.1 Å². The number of pyridine rings is 1. The van der Waals surface area contributed by atoms with E-state index >= 15 is 0 Å². The first-order valence-corrected chi connectivity index (χ1v) is 14.8. The van der Waals surface area contributed by atoms with Crippen molar-refractivity contribution >= 4 is 0 Å². The summed E-state index contributed by atoms with van der Waals surface area (Å²) in [5, 5.41) is 0. The summed E-state index contributed by atoms with van der Waals surface area (Å²) >= 11 is 0. The molecule has 0 aliphatic carbocycles. The monoisotopic (exact) mass is 513 g/mol. The lowest BCUT2D eigenvalue weighted by molar-refractivity contribution is -0.206. The predicted octanol–water partition coefficient (Wildman–Crippen LogP) is 9.43. The molecule has 2 aromatic rings. The lowest BCUT2D eigenvalue weighted by Crippen LogP contribution is -2.27. The van der Waals surface area contributed by atoms with Gasteiger partial charge in [-0.05, 0) is 37.1 Å². The molecule has 0 spiro atoms. The fourth-order valence-electron chi connectivity index (χ4n) is 4.85. The number of ether oxygens (including phenoxy) is 3. The molecule has 1 aromatic carbocycles. The number of nitrogens with zero attached hydrogens (tertiary/aromatic N) is 1. The van der Waals surface area contributed by atoms with E-state index in [1.54, 1.807) is 12.3 Å². The Morgan fingerprint density at radius 3 is 2.08 bits per heavy atom. The van der Waals surface area contributed by atoms with Crippen molar-refractivity contribution in [1.82, 2.24) is 4.98 Å². The normalized spacial score (nSPS) is 17.7. The van der Waals surface area contributed by atoms with E-state index in [9.17, 15) is 4.39 Å². The van der Waals surface area contributed by atoms with Gasteiger partial charge in [0.2, 0.25) is 0 Å². The van der Waals surface area contributed by atoms with Crippen molar-refractivity contribution in [3.63, 3.8) is 0 Å². The van der Waals surface area contributed by atoms with Crippen LogP contribution in [-0.4, -0.2) is 24.8 Å². The van der Waals surface area contributed by atoms with Crippen molar-refractivity contribution < 1.29 is 18.6 Å². The Hall–Kier alpha value is -1.98. The lowest BCUT2D eigenvalue weighted by atomic mass is 10.0. The van der Waals surface area contributed by atoms with Crippen LogP contribution in [0.2, 0.25) is 0 Å². The molecule has 0 saturated carbocycles. The molecule has 3 rings (SSSR count). The first kappa shape index (κ1) is 29.6. The molecular formula is C32H48FNO3. The molecule has 1 aliphatic heterocycles. The third-order valence-corrected chi connectivity index (χ3v) is 7.22. The third kappa shape index (κ3) is 10.7. The van der Waals surface area contributed by atoms with Gasteiger partial charge in [0.15, 0.2) is 17.9 Å². The van der Waals surface area contributed by atoms with Crippen LogP contribution in [0, 0.1) is 11.7 Å². The molecule has 0 amide bonds. The molecule has 1 fully saturated rings. The standard InChI is InChI=1S/C32H48FNO3/c1-3-5-7-9-10-11-12-14-16-26-24-36-32(37-25-26)28-17-19-30(34-23-28)27-18-20-31(29(33)22-27)35-21-15-13-8-6-4-2/h17-20,22-23,26,32H,3-16,21,24-25H2,1-2H3. The molecular weight excluding hydrogens is 465 g/mol. The Morgan fingerprint density at radius 2 is 1.46 bits per heavy atom. The molecule has 0 radical (unpaired) electrons. The maximum atomic E-state index is 14.6. The zero-order chi connectivity index (χ0) is 26.1. The maximum Gasteiger partial charge on any atom is 0.185 e. The van der Waals surface area contributed by atoms with Gasteiger partial charge in [-0.25, -0.2) is 4.39 Å². The maximum absolute atomic E-state index is 14.6. The van der Waals surface area contributed by atoms with Gasteiger partial charge in [0.05, 0.1) is 25.5 Å². The molecule has 206 valence electrons. The molecule has 1 aliphatic rings. The minimum Gasteiger partial charge on any atom is -0.491 e. The molecule has 0 unspecified atom stereocenters. The number of benzene rings is 1. The Bertz CT molecular complexity index is 865. The Balaban J connectivity index is 1.36. The van der Waals surface area contributed by atoms with Crippen molar-refractivity contribution in [3.8, 4) is 17.0 Å². The van der Waals surface area contributed by atoms with Gasteiger partial charge < -0.3 is 14.2 Å². The number of hydrogen-bond acceptors (Lipinski definition) is 4. The zero-order valence-electron chi connectivity index (χ0n) is 23.2. The lowest BCUT2D eigenvalue weighted by Gasteiger charge is -2.29. The summed E-state index contributed by atoms with van der Waals surface area (Å²) in [6.07, 6.45) is 19.0. The van der Waals surface area contributed by atoms with Crippen LogP contribution in [0.4, 0.5) is 4.39 Å². The van der Waals surface area contributed by atoms with Crippen molar-refractivity contribution in [2.45, 2.75) is 110 Å². The summed E-state index contributed by atoms with van der Waals surface area (Å²) in [6, 6.07) is 8.92. The van der Waals surface area contributed by atoms with Crippen LogP contribution in [0.15, 0.2) is 36.5 Å². The second-order valence-corrected chi connectivity index (χ2v) is 10.5. The largest absolute Gasteiger partial charge is 0.491 e. The minimum absolute atomic E-state index is 0.307. The molecule has 4 nitrogen and oxygen atoms in total. The molecule has 0 atom stereocenters. The minimum atomic E-state index is -0.374. The van der Waals surface area contributed by atoms with Crippen molar-refractivity contribution in [2.75, 3.05) is 19.8 Å². The van der Waals surface area contributed by atoms with E-state index in [0.29, 0.717) is 18.3 Å². The Morgan fingerprint density at radius 1 is 0.811 bits per heavy atom. The molecule has 0 N–H and O–H groups in total. The smallest absolute Gasteiger partial charge is 0.185 e. The van der Waals surface area contributed by atoms with E-state index in [0.717, 1.165) is 42.9 Å². The van der Waals surface area contributed by atoms with Gasteiger partial charge >= 0.3 is 0 Å². The number of unbranched alkanes of at least 4 members (excludes halogenated alkanes) is 11. The summed E-state index contributed by atoms with van der Waals surface area (Å²) in [4.78, 5) is 4.55. The van der Waals surface area contributed by atoms with E-state index in [1.165, 1.54) is 83.1 Å². The van der Waals surface area contributed by atoms with Gasteiger partial charge in [0.1, 0.15) is 0 Å². The average Bonchev–Trinajstić information content (AvgIpc) is 2.93. The average molecular weight is 514 g/mol. The van der Waals surface area contributed by atoms with Crippen LogP contribution < -0.4 is 4.74 Å². The second-order valence-electron chi connectivity index (χ2n) is 10.5. The van der Waals surface area contributed by atoms with Crippen LogP contribution in [-0.2, 0) is 9.47 Å². The highest BCUT2D eigenvalue weighted by Crippen LogP contribution is 2.29. The van der Waals surface area contributed by atoms with Crippen LogP contribution >= 0.6 is 0 Å². The first-order valence-electron chi connectivity index (χ1n) is 14.8. The highest BCUT2D eigenvalue weighted by molar-refractivity contribution is 5.60. The Labute approximate surface area is 224 Å². The fourth-order valence-corrected chi connectivity index (χ4v) is 4.85. The van der Waals surface area contributed by atoms with Crippen molar-refractivity contribution in [3.05, 3.63) is 47.9 Å². The topological polar surface area (TPSA) is 40.6 Å². The summed E-state index contributed by atoms with van der Waals surface area (Å²) < 4.78 is 32.2. The van der Waals surface area contributed by atoms with E-state index in [1.807, 2.05) is 18.2 Å². The second kappa shape index (κ2) is 17.5. The van der Waals surface area contributed by atoms with Crippen molar-refractivity contribution in [2.24, 2.45) is 5.92 Å². The number of rotatable bonds is 18. The Kier molecular flexibility index (Phi) is 14.0. The van der Waals surface area contributed by atoms with Gasteiger partial charge in [0, 0.05) is 23.2 Å². The first-order chi connectivity index (χ1) is 18.2. The van der Waals surface area contributed by atoms with Gasteiger partial charge in [-0.3, -0.25) is 4.98 Å². The molecule has 1 saturated heterocycles. The van der Waals surface area contributed by atoms with Crippen LogP contribution in [0.25, 0.3) is 11.3 Å². The van der Waals surface area contributed by atoms with Crippen LogP contribution in [0.3, 0.4) is 0 Å². The molecule has 5 heteroatoms. The van der Waals surface area contributed by atoms with E-state index < -0.39 is 0 Å². The highest BCUT2D eigenvalue weighted by Gasteiger charge is 2.23. The quantitative estimate of drug-likeness (QED) is 0.186. The third-order valence-electron chi connectivity index (χ3n) is 7.22. The summed E-state index contributed by atoms with van der Waals surface area (Å²) in [6.45, 7) is 6.47. The fraction of sp³-hybridized carbons (Fsp3) is 0.656. The predicted molar refractivity (Wildman–Crippen MR) is 149 cm³/mol. The number of halogens is 1. The van der Waals surface area contributed by atoms with E-state index in [2.05, 4.69) is 18.8 Å². The number of hydrogen-bond donors (Lipinski definition) is 0. The van der Waals surface area contributed by atoms with Gasteiger partial charge in [-0.1, -0.05) is 97.0 Å². The number of aromatic nitrogens is 1. The van der Waals surface area contributed by atoms with Crippen LogP contribution in [0.5, 0.6) is 5.75 Å². The SMILES string of the molecule is CCCCCCCCCCC1COC(c2ccc(-c3ccc(OCCCCCCC)c(F)c3)nc2)OC1. The van der Waals surface area contributed by atoms with E-state index in [4.69, 9.17) is 14.2 Å². The molecule has 2 heterocycles. The molecule has 1 aromatic heterocycles. The zero-order valence-corrected chi connectivity index (χ0v) is 23.2. The van der Waals surface area contributed by atoms with Gasteiger partial charge in [0.25, 0.3) is 0 Å². The van der Waals surface area contributed by atoms with Gasteiger partial charge in [-0.15, -0.1) is 0 Å². The summed E-state index contributed by atoms with van der Waals surface area (Å²) in [7, 11) is 0. The summed E-state index contributed by atoms with van der Waals surface area (Å²) in [5.41, 5.74) is 2.35.